The molecule has 5 nitrogen and oxygen atoms in total. The van der Waals surface area contributed by atoms with Crippen molar-refractivity contribution in [2.45, 2.75) is 38.4 Å². The number of aliphatic hydroxyl groups excluding tert-OH is 1. The predicted octanol–water partition coefficient (Wildman–Crippen LogP) is 1.59. The van der Waals surface area contributed by atoms with Crippen molar-refractivity contribution in [3.8, 4) is 5.75 Å². The maximum atomic E-state index is 11.8. The summed E-state index contributed by atoms with van der Waals surface area (Å²) in [6.45, 7) is 2.65. The molecular formula is C16H23NO4. The Morgan fingerprint density at radius 1 is 1.52 bits per heavy atom. The van der Waals surface area contributed by atoms with Crippen LogP contribution in [0.4, 0.5) is 0 Å². The van der Waals surface area contributed by atoms with Crippen LogP contribution in [0.3, 0.4) is 0 Å². The fourth-order valence-electron chi connectivity index (χ4n) is 2.50. The molecule has 0 aromatic heterocycles. The van der Waals surface area contributed by atoms with Crippen molar-refractivity contribution in [1.82, 2.24) is 5.32 Å². The summed E-state index contributed by atoms with van der Waals surface area (Å²) in [5.74, 6) is 0.439. The monoisotopic (exact) mass is 293 g/mol. The number of benzene rings is 1. The van der Waals surface area contributed by atoms with Gasteiger partial charge in [-0.3, -0.25) is 4.79 Å². The van der Waals surface area contributed by atoms with Gasteiger partial charge in [0.05, 0.1) is 12.7 Å². The number of carbonyl (C=O) groups is 1. The molecule has 1 aromatic rings. The summed E-state index contributed by atoms with van der Waals surface area (Å²) in [6, 6.07) is 5.68. The number of amides is 1. The molecule has 0 bridgehead atoms. The first-order chi connectivity index (χ1) is 10.1. The molecule has 1 unspecified atom stereocenters. The average molecular weight is 293 g/mol. The van der Waals surface area contributed by atoms with Gasteiger partial charge in [0.25, 0.3) is 5.91 Å². The van der Waals surface area contributed by atoms with Crippen molar-refractivity contribution in [2.24, 2.45) is 0 Å². The summed E-state index contributed by atoms with van der Waals surface area (Å²) < 4.78 is 10.5. The van der Waals surface area contributed by atoms with E-state index >= 15 is 0 Å². The fraction of sp³-hybridized carbons (Fsp3) is 0.562. The van der Waals surface area contributed by atoms with Crippen LogP contribution >= 0.6 is 0 Å². The van der Waals surface area contributed by atoms with Gasteiger partial charge < -0.3 is 19.9 Å². The van der Waals surface area contributed by atoms with E-state index in [0.29, 0.717) is 18.9 Å². The third-order valence-electron chi connectivity index (χ3n) is 3.69. The first-order valence-electron chi connectivity index (χ1n) is 7.36. The van der Waals surface area contributed by atoms with Gasteiger partial charge in [-0.2, -0.15) is 0 Å². The zero-order valence-corrected chi connectivity index (χ0v) is 12.6. The number of carbonyl (C=O) groups excluding carboxylic acids is 1. The van der Waals surface area contributed by atoms with Gasteiger partial charge in [-0.15, -0.1) is 0 Å². The molecule has 0 heterocycles. The molecule has 5 heteroatoms. The normalized spacial score (nSPS) is 18.7. The Morgan fingerprint density at radius 3 is 3.10 bits per heavy atom. The van der Waals surface area contributed by atoms with E-state index in [9.17, 15) is 9.90 Å². The number of ether oxygens (including phenoxy) is 2. The molecule has 0 spiro atoms. The Balaban J connectivity index is 1.96. The predicted molar refractivity (Wildman–Crippen MR) is 79.3 cm³/mol. The molecular weight excluding hydrogens is 270 g/mol. The van der Waals surface area contributed by atoms with E-state index < -0.39 is 12.2 Å². The molecule has 0 aliphatic heterocycles. The Hall–Kier alpha value is -1.59. The van der Waals surface area contributed by atoms with Crippen LogP contribution in [-0.2, 0) is 16.0 Å². The average Bonchev–Trinajstić information content (AvgIpc) is 2.48. The van der Waals surface area contributed by atoms with Crippen molar-refractivity contribution in [3.05, 3.63) is 29.3 Å². The second kappa shape index (κ2) is 7.43. The second-order valence-electron chi connectivity index (χ2n) is 5.31. The minimum Gasteiger partial charge on any atom is -0.481 e. The lowest BCUT2D eigenvalue weighted by Crippen LogP contribution is -2.37. The van der Waals surface area contributed by atoms with E-state index in [4.69, 9.17) is 9.47 Å². The van der Waals surface area contributed by atoms with Crippen LogP contribution in [0.2, 0.25) is 0 Å². The SMILES string of the molecule is COCCNC(=O)C(C)Oc1ccc2c(c1)[C@H](O)CCC2. The number of aliphatic hydroxyl groups is 1. The molecule has 1 aliphatic carbocycles. The van der Waals surface area contributed by atoms with Crippen LogP contribution in [0.15, 0.2) is 18.2 Å². The molecule has 0 fully saturated rings. The van der Waals surface area contributed by atoms with Gasteiger partial charge in [0, 0.05) is 13.7 Å². The van der Waals surface area contributed by atoms with Gasteiger partial charge >= 0.3 is 0 Å². The maximum absolute atomic E-state index is 11.8. The Labute approximate surface area is 125 Å². The highest BCUT2D eigenvalue weighted by atomic mass is 16.5. The standard InChI is InChI=1S/C16H23NO4/c1-11(16(19)17-8-9-20-2)21-13-7-6-12-4-3-5-15(18)14(12)10-13/h6-7,10-11,15,18H,3-5,8-9H2,1-2H3,(H,17,19)/t11?,15-/m1/s1. The third-order valence-corrected chi connectivity index (χ3v) is 3.69. The van der Waals surface area contributed by atoms with Crippen molar-refractivity contribution >= 4 is 5.91 Å². The largest absolute Gasteiger partial charge is 0.481 e. The van der Waals surface area contributed by atoms with Crippen molar-refractivity contribution in [1.29, 1.82) is 0 Å². The molecule has 0 saturated carbocycles. The summed E-state index contributed by atoms with van der Waals surface area (Å²) in [7, 11) is 1.59. The lowest BCUT2D eigenvalue weighted by atomic mass is 9.89. The van der Waals surface area contributed by atoms with Gasteiger partial charge in [0.15, 0.2) is 6.10 Å². The molecule has 21 heavy (non-hydrogen) atoms. The second-order valence-corrected chi connectivity index (χ2v) is 5.31. The smallest absolute Gasteiger partial charge is 0.260 e. The highest BCUT2D eigenvalue weighted by Crippen LogP contribution is 2.32. The van der Waals surface area contributed by atoms with Crippen molar-refractivity contribution < 1.29 is 19.4 Å². The summed E-state index contributed by atoms with van der Waals surface area (Å²) in [5, 5.41) is 12.8. The molecule has 2 atom stereocenters. The van der Waals surface area contributed by atoms with Gasteiger partial charge in [-0.1, -0.05) is 6.07 Å². The topological polar surface area (TPSA) is 67.8 Å². The first kappa shape index (κ1) is 15.8. The number of hydrogen-bond donors (Lipinski definition) is 2. The third kappa shape index (κ3) is 4.19. The number of hydrogen-bond acceptors (Lipinski definition) is 4. The zero-order valence-electron chi connectivity index (χ0n) is 12.6. The highest BCUT2D eigenvalue weighted by Gasteiger charge is 2.20. The molecule has 0 radical (unpaired) electrons. The quantitative estimate of drug-likeness (QED) is 0.782. The van der Waals surface area contributed by atoms with Crippen LogP contribution in [0.1, 0.15) is 37.0 Å². The highest BCUT2D eigenvalue weighted by molar-refractivity contribution is 5.80. The van der Waals surface area contributed by atoms with Crippen LogP contribution in [0.25, 0.3) is 0 Å². The number of aryl methyl sites for hydroxylation is 1. The minimum atomic E-state index is -0.583. The van der Waals surface area contributed by atoms with Gasteiger partial charge in [-0.05, 0) is 49.4 Å². The van der Waals surface area contributed by atoms with E-state index in [-0.39, 0.29) is 5.91 Å². The lowest BCUT2D eigenvalue weighted by Gasteiger charge is -2.23. The minimum absolute atomic E-state index is 0.176. The Bertz CT molecular complexity index is 489. The first-order valence-corrected chi connectivity index (χ1v) is 7.36. The van der Waals surface area contributed by atoms with Crippen LogP contribution < -0.4 is 10.1 Å². The number of rotatable bonds is 6. The van der Waals surface area contributed by atoms with E-state index in [1.165, 1.54) is 5.56 Å². The molecule has 2 N–H and O–H groups in total. The lowest BCUT2D eigenvalue weighted by molar-refractivity contribution is -0.127. The number of methoxy groups -OCH3 is 1. The van der Waals surface area contributed by atoms with Crippen molar-refractivity contribution in [2.75, 3.05) is 20.3 Å². The van der Waals surface area contributed by atoms with E-state index in [2.05, 4.69) is 5.32 Å². The van der Waals surface area contributed by atoms with Crippen molar-refractivity contribution in [3.63, 3.8) is 0 Å². The molecule has 1 aliphatic rings. The Kier molecular flexibility index (Phi) is 5.59. The molecule has 1 aromatic carbocycles. The Morgan fingerprint density at radius 2 is 2.33 bits per heavy atom. The number of fused-ring (bicyclic) bond motifs is 1. The zero-order chi connectivity index (χ0) is 15.2. The van der Waals surface area contributed by atoms with E-state index in [1.807, 2.05) is 18.2 Å². The van der Waals surface area contributed by atoms with E-state index in [0.717, 1.165) is 24.8 Å². The van der Waals surface area contributed by atoms with E-state index in [1.54, 1.807) is 14.0 Å². The molecule has 116 valence electrons. The summed E-state index contributed by atoms with van der Waals surface area (Å²) in [6.07, 6.45) is 1.76. The van der Waals surface area contributed by atoms with Gasteiger partial charge in [0.1, 0.15) is 5.75 Å². The van der Waals surface area contributed by atoms with Crippen LogP contribution in [0.5, 0.6) is 5.75 Å². The summed E-state index contributed by atoms with van der Waals surface area (Å²) >= 11 is 0. The summed E-state index contributed by atoms with van der Waals surface area (Å²) in [5.41, 5.74) is 2.09. The fourth-order valence-corrected chi connectivity index (χ4v) is 2.50. The molecule has 2 rings (SSSR count). The summed E-state index contributed by atoms with van der Waals surface area (Å²) in [4.78, 5) is 11.8. The van der Waals surface area contributed by atoms with Crippen LogP contribution in [-0.4, -0.2) is 37.4 Å². The van der Waals surface area contributed by atoms with Gasteiger partial charge in [-0.25, -0.2) is 0 Å². The number of nitrogens with one attached hydrogen (secondary N) is 1. The molecule has 0 saturated heterocycles. The molecule has 1 amide bonds. The van der Waals surface area contributed by atoms with Gasteiger partial charge in [0.2, 0.25) is 0 Å². The van der Waals surface area contributed by atoms with Crippen LogP contribution in [0, 0.1) is 0 Å². The maximum Gasteiger partial charge on any atom is 0.260 e.